The van der Waals surface area contributed by atoms with Crippen molar-refractivity contribution in [3.8, 4) is 17.2 Å². The van der Waals surface area contributed by atoms with Crippen LogP contribution in [0.3, 0.4) is 0 Å². The molecule has 0 aromatic heterocycles. The van der Waals surface area contributed by atoms with Gasteiger partial charge in [0.05, 0.1) is 33.5 Å². The first-order valence-electron chi connectivity index (χ1n) is 5.28. The molecule has 2 atom stereocenters. The molecule has 1 rings (SSSR count). The Balaban J connectivity index is 3.27. The van der Waals surface area contributed by atoms with Crippen LogP contribution in [0, 0.1) is 0 Å². The SMILES string of the molecule is COc1cc(C(N)C(C)O)cc(OC)c1OC. The Kier molecular flexibility index (Phi) is 4.60. The quantitative estimate of drug-likeness (QED) is 0.807. The van der Waals surface area contributed by atoms with E-state index in [2.05, 4.69) is 0 Å². The third kappa shape index (κ3) is 2.81. The fourth-order valence-electron chi connectivity index (χ4n) is 1.57. The molecule has 1 aromatic carbocycles. The monoisotopic (exact) mass is 241 g/mol. The van der Waals surface area contributed by atoms with E-state index in [1.807, 2.05) is 0 Å². The minimum Gasteiger partial charge on any atom is -0.493 e. The largest absolute Gasteiger partial charge is 0.493 e. The Labute approximate surface area is 101 Å². The predicted molar refractivity (Wildman–Crippen MR) is 64.7 cm³/mol. The average molecular weight is 241 g/mol. The summed E-state index contributed by atoms with van der Waals surface area (Å²) >= 11 is 0. The van der Waals surface area contributed by atoms with E-state index in [0.29, 0.717) is 17.2 Å². The standard InChI is InChI=1S/C12H19NO4/c1-7(14)11(13)8-5-9(15-2)12(17-4)10(6-8)16-3/h5-7,11,14H,13H2,1-4H3. The second-order valence-corrected chi connectivity index (χ2v) is 3.73. The topological polar surface area (TPSA) is 73.9 Å². The summed E-state index contributed by atoms with van der Waals surface area (Å²) in [5.41, 5.74) is 6.61. The molecule has 0 saturated carbocycles. The molecule has 2 unspecified atom stereocenters. The van der Waals surface area contributed by atoms with E-state index in [-0.39, 0.29) is 0 Å². The molecular weight excluding hydrogens is 222 g/mol. The number of hydrogen-bond acceptors (Lipinski definition) is 5. The number of aliphatic hydroxyl groups is 1. The van der Waals surface area contributed by atoms with Crippen LogP contribution in [-0.4, -0.2) is 32.5 Å². The minimum absolute atomic E-state index is 0.497. The molecule has 5 heteroatoms. The van der Waals surface area contributed by atoms with Gasteiger partial charge in [0.2, 0.25) is 5.75 Å². The zero-order valence-electron chi connectivity index (χ0n) is 10.6. The van der Waals surface area contributed by atoms with Crippen LogP contribution in [0.15, 0.2) is 12.1 Å². The second kappa shape index (κ2) is 5.75. The Bertz CT molecular complexity index is 354. The zero-order chi connectivity index (χ0) is 13.0. The fourth-order valence-corrected chi connectivity index (χ4v) is 1.57. The van der Waals surface area contributed by atoms with Crippen molar-refractivity contribution in [1.82, 2.24) is 0 Å². The number of benzene rings is 1. The number of methoxy groups -OCH3 is 3. The van der Waals surface area contributed by atoms with Crippen LogP contribution < -0.4 is 19.9 Å². The molecule has 5 nitrogen and oxygen atoms in total. The number of hydrogen-bond donors (Lipinski definition) is 2. The lowest BCUT2D eigenvalue weighted by atomic mass is 10.0. The van der Waals surface area contributed by atoms with Crippen LogP contribution in [0.5, 0.6) is 17.2 Å². The highest BCUT2D eigenvalue weighted by Crippen LogP contribution is 2.39. The molecule has 0 amide bonds. The van der Waals surface area contributed by atoms with E-state index in [9.17, 15) is 5.11 Å². The summed E-state index contributed by atoms with van der Waals surface area (Å²) in [6.07, 6.45) is -0.655. The summed E-state index contributed by atoms with van der Waals surface area (Å²) < 4.78 is 15.6. The van der Waals surface area contributed by atoms with Gasteiger partial charge in [0, 0.05) is 0 Å². The fraction of sp³-hybridized carbons (Fsp3) is 0.500. The molecule has 0 fully saturated rings. The van der Waals surface area contributed by atoms with Crippen LogP contribution in [0.4, 0.5) is 0 Å². The van der Waals surface area contributed by atoms with Crippen molar-refractivity contribution in [1.29, 1.82) is 0 Å². The van der Waals surface area contributed by atoms with Crippen molar-refractivity contribution in [3.05, 3.63) is 17.7 Å². The molecule has 0 saturated heterocycles. The smallest absolute Gasteiger partial charge is 0.203 e. The van der Waals surface area contributed by atoms with E-state index in [4.69, 9.17) is 19.9 Å². The first-order valence-corrected chi connectivity index (χ1v) is 5.28. The van der Waals surface area contributed by atoms with Crippen molar-refractivity contribution >= 4 is 0 Å². The summed E-state index contributed by atoms with van der Waals surface area (Å²) in [7, 11) is 4.61. The molecule has 17 heavy (non-hydrogen) atoms. The van der Waals surface area contributed by atoms with Crippen molar-refractivity contribution in [2.24, 2.45) is 5.73 Å². The Hall–Kier alpha value is -1.46. The minimum atomic E-state index is -0.655. The van der Waals surface area contributed by atoms with Gasteiger partial charge in [-0.25, -0.2) is 0 Å². The van der Waals surface area contributed by atoms with Gasteiger partial charge in [0.15, 0.2) is 11.5 Å². The highest BCUT2D eigenvalue weighted by atomic mass is 16.5. The van der Waals surface area contributed by atoms with E-state index in [0.717, 1.165) is 5.56 Å². The van der Waals surface area contributed by atoms with Gasteiger partial charge in [0.25, 0.3) is 0 Å². The highest BCUT2D eigenvalue weighted by molar-refractivity contribution is 5.54. The maximum atomic E-state index is 9.49. The van der Waals surface area contributed by atoms with E-state index in [1.165, 1.54) is 21.3 Å². The molecule has 0 heterocycles. The number of ether oxygens (including phenoxy) is 3. The van der Waals surface area contributed by atoms with Gasteiger partial charge in [0.1, 0.15) is 0 Å². The van der Waals surface area contributed by atoms with Crippen molar-refractivity contribution < 1.29 is 19.3 Å². The molecule has 0 spiro atoms. The van der Waals surface area contributed by atoms with Crippen LogP contribution in [0.25, 0.3) is 0 Å². The van der Waals surface area contributed by atoms with Gasteiger partial charge in [-0.05, 0) is 24.6 Å². The Morgan fingerprint density at radius 2 is 1.53 bits per heavy atom. The molecule has 0 aliphatic heterocycles. The molecule has 0 bridgehead atoms. The highest BCUT2D eigenvalue weighted by Gasteiger charge is 2.18. The van der Waals surface area contributed by atoms with Crippen LogP contribution in [0.1, 0.15) is 18.5 Å². The van der Waals surface area contributed by atoms with E-state index < -0.39 is 12.1 Å². The summed E-state index contributed by atoms with van der Waals surface area (Å²) in [5, 5.41) is 9.49. The molecule has 1 aromatic rings. The number of nitrogens with two attached hydrogens (primary N) is 1. The first-order chi connectivity index (χ1) is 8.04. The molecule has 0 radical (unpaired) electrons. The summed E-state index contributed by atoms with van der Waals surface area (Å²) in [5.74, 6) is 1.56. The van der Waals surface area contributed by atoms with Crippen LogP contribution in [-0.2, 0) is 0 Å². The van der Waals surface area contributed by atoms with Gasteiger partial charge < -0.3 is 25.1 Å². The van der Waals surface area contributed by atoms with Crippen molar-refractivity contribution in [2.45, 2.75) is 19.1 Å². The molecule has 96 valence electrons. The summed E-state index contributed by atoms with van der Waals surface area (Å²) in [4.78, 5) is 0. The first kappa shape index (κ1) is 13.6. The van der Waals surface area contributed by atoms with Gasteiger partial charge in [-0.2, -0.15) is 0 Å². The number of rotatable bonds is 5. The normalized spacial score (nSPS) is 14.0. The summed E-state index contributed by atoms with van der Waals surface area (Å²) in [6.45, 7) is 1.63. The van der Waals surface area contributed by atoms with Gasteiger partial charge >= 0.3 is 0 Å². The zero-order valence-corrected chi connectivity index (χ0v) is 10.6. The lowest BCUT2D eigenvalue weighted by molar-refractivity contribution is 0.164. The maximum absolute atomic E-state index is 9.49. The van der Waals surface area contributed by atoms with Gasteiger partial charge in [-0.3, -0.25) is 0 Å². The molecule has 0 aliphatic rings. The summed E-state index contributed by atoms with van der Waals surface area (Å²) in [6, 6.07) is 2.97. The average Bonchev–Trinajstić information content (AvgIpc) is 2.35. The van der Waals surface area contributed by atoms with Gasteiger partial charge in [-0.15, -0.1) is 0 Å². The predicted octanol–water partition coefficient (Wildman–Crippen LogP) is 1.09. The van der Waals surface area contributed by atoms with Crippen molar-refractivity contribution in [2.75, 3.05) is 21.3 Å². The lowest BCUT2D eigenvalue weighted by Gasteiger charge is -2.19. The molecule has 3 N–H and O–H groups in total. The Morgan fingerprint density at radius 3 is 1.82 bits per heavy atom. The maximum Gasteiger partial charge on any atom is 0.203 e. The van der Waals surface area contributed by atoms with Gasteiger partial charge in [-0.1, -0.05) is 0 Å². The third-order valence-corrected chi connectivity index (χ3v) is 2.59. The van der Waals surface area contributed by atoms with E-state index >= 15 is 0 Å². The molecular formula is C12H19NO4. The second-order valence-electron chi connectivity index (χ2n) is 3.73. The Morgan fingerprint density at radius 1 is 1.06 bits per heavy atom. The molecule has 0 aliphatic carbocycles. The van der Waals surface area contributed by atoms with Crippen LogP contribution >= 0.6 is 0 Å². The van der Waals surface area contributed by atoms with Crippen molar-refractivity contribution in [3.63, 3.8) is 0 Å². The van der Waals surface area contributed by atoms with E-state index in [1.54, 1.807) is 19.1 Å². The lowest BCUT2D eigenvalue weighted by Crippen LogP contribution is -2.23. The number of aliphatic hydroxyl groups excluding tert-OH is 1. The van der Waals surface area contributed by atoms with Crippen LogP contribution in [0.2, 0.25) is 0 Å². The third-order valence-electron chi connectivity index (χ3n) is 2.59.